The fraction of sp³-hybridized carbons (Fsp3) is 0.667. The lowest BCUT2D eigenvalue weighted by Gasteiger charge is -2.26. The van der Waals surface area contributed by atoms with E-state index in [2.05, 4.69) is 10.2 Å². The van der Waals surface area contributed by atoms with Crippen molar-refractivity contribution in [1.29, 1.82) is 0 Å². The van der Waals surface area contributed by atoms with Crippen molar-refractivity contribution in [3.8, 4) is 0 Å². The number of likely N-dealkylation sites (tertiary alicyclic amines) is 1. The third-order valence-corrected chi connectivity index (χ3v) is 7.81. The maximum absolute atomic E-state index is 13.0. The van der Waals surface area contributed by atoms with Crippen LogP contribution >= 0.6 is 0 Å². The number of nitrogens with zero attached hydrogens (tertiary/aromatic N) is 2. The summed E-state index contributed by atoms with van der Waals surface area (Å²) in [6, 6.07) is 4.99. The van der Waals surface area contributed by atoms with Gasteiger partial charge in [0.2, 0.25) is 10.0 Å². The highest BCUT2D eigenvalue weighted by atomic mass is 32.2. The smallest absolute Gasteiger partial charge is 0.251 e. The van der Waals surface area contributed by atoms with Crippen LogP contribution in [0.2, 0.25) is 0 Å². The molecule has 0 atom stereocenters. The molecule has 0 unspecified atom stereocenters. The lowest BCUT2D eigenvalue weighted by molar-refractivity contribution is 0.0951. The summed E-state index contributed by atoms with van der Waals surface area (Å²) in [5, 5.41) is 2.94. The molecule has 0 spiro atoms. The Balaban J connectivity index is 1.59. The third-order valence-electron chi connectivity index (χ3n) is 5.77. The molecule has 2 fully saturated rings. The Bertz CT molecular complexity index is 767. The first-order valence-electron chi connectivity index (χ1n) is 10.6. The van der Waals surface area contributed by atoms with E-state index in [1.165, 1.54) is 19.3 Å². The summed E-state index contributed by atoms with van der Waals surface area (Å²) in [5.74, 6) is -0.200. The van der Waals surface area contributed by atoms with Crippen molar-refractivity contribution >= 4 is 15.9 Å². The Morgan fingerprint density at radius 2 is 1.64 bits per heavy atom. The van der Waals surface area contributed by atoms with E-state index in [1.807, 2.05) is 0 Å². The second-order valence-corrected chi connectivity index (χ2v) is 9.86. The van der Waals surface area contributed by atoms with Gasteiger partial charge in [-0.3, -0.25) is 4.79 Å². The average Bonchev–Trinajstić information content (AvgIpc) is 2.72. The number of aryl methyl sites for hydroxylation is 1. The molecule has 2 heterocycles. The number of amides is 1. The first kappa shape index (κ1) is 21.3. The minimum atomic E-state index is -3.54. The first-order valence-corrected chi connectivity index (χ1v) is 12.0. The Hall–Kier alpha value is -1.44. The van der Waals surface area contributed by atoms with Crippen molar-refractivity contribution in [1.82, 2.24) is 14.5 Å². The molecule has 0 radical (unpaired) electrons. The van der Waals surface area contributed by atoms with Gasteiger partial charge in [-0.05, 0) is 76.4 Å². The third kappa shape index (κ3) is 5.33. The van der Waals surface area contributed by atoms with Gasteiger partial charge in [0.15, 0.2) is 0 Å². The highest BCUT2D eigenvalue weighted by Crippen LogP contribution is 2.24. The minimum absolute atomic E-state index is 0.200. The molecule has 6 nitrogen and oxygen atoms in total. The summed E-state index contributed by atoms with van der Waals surface area (Å²) in [6.07, 6.45) is 7.64. The summed E-state index contributed by atoms with van der Waals surface area (Å²) in [4.78, 5) is 15.2. The average molecular weight is 408 g/mol. The number of carbonyl (C=O) groups excluding carboxylic acids is 1. The summed E-state index contributed by atoms with van der Waals surface area (Å²) < 4.78 is 27.6. The number of hydrogen-bond donors (Lipinski definition) is 1. The van der Waals surface area contributed by atoms with Crippen LogP contribution in [0.4, 0.5) is 0 Å². The number of benzene rings is 1. The number of nitrogens with one attached hydrogen (secondary N) is 1. The van der Waals surface area contributed by atoms with Gasteiger partial charge < -0.3 is 10.2 Å². The predicted octanol–water partition coefficient (Wildman–Crippen LogP) is 2.78. The Morgan fingerprint density at radius 3 is 2.32 bits per heavy atom. The van der Waals surface area contributed by atoms with Gasteiger partial charge in [0.25, 0.3) is 5.91 Å². The normalized spacial score (nSPS) is 19.5. The van der Waals surface area contributed by atoms with Crippen LogP contribution in [-0.4, -0.2) is 62.8 Å². The van der Waals surface area contributed by atoms with Gasteiger partial charge in [0.05, 0.1) is 4.90 Å². The second kappa shape index (κ2) is 9.85. The molecule has 2 aliphatic heterocycles. The zero-order chi connectivity index (χ0) is 20.0. The second-order valence-electron chi connectivity index (χ2n) is 7.96. The van der Waals surface area contributed by atoms with Crippen molar-refractivity contribution in [2.45, 2.75) is 56.8 Å². The molecule has 0 bridgehead atoms. The van der Waals surface area contributed by atoms with Gasteiger partial charge in [-0.2, -0.15) is 4.31 Å². The number of sulfonamides is 1. The highest BCUT2D eigenvalue weighted by Gasteiger charge is 2.28. The number of carbonyl (C=O) groups is 1. The summed E-state index contributed by atoms with van der Waals surface area (Å²) in [6.45, 7) is 6.84. The fourth-order valence-corrected chi connectivity index (χ4v) is 5.82. The Morgan fingerprint density at radius 1 is 1.00 bits per heavy atom. The predicted molar refractivity (Wildman–Crippen MR) is 111 cm³/mol. The van der Waals surface area contributed by atoms with Gasteiger partial charge in [0, 0.05) is 25.2 Å². The largest absolute Gasteiger partial charge is 0.352 e. The van der Waals surface area contributed by atoms with Gasteiger partial charge in [-0.25, -0.2) is 8.42 Å². The number of rotatable bonds is 7. The lowest BCUT2D eigenvalue weighted by Crippen LogP contribution is -2.36. The van der Waals surface area contributed by atoms with Crippen LogP contribution < -0.4 is 5.32 Å². The molecular formula is C21H33N3O3S. The van der Waals surface area contributed by atoms with E-state index in [9.17, 15) is 13.2 Å². The van der Waals surface area contributed by atoms with Crippen molar-refractivity contribution in [3.63, 3.8) is 0 Å². The van der Waals surface area contributed by atoms with E-state index in [1.54, 1.807) is 29.4 Å². The van der Waals surface area contributed by atoms with E-state index in [0.717, 1.165) is 45.3 Å². The molecule has 0 aromatic heterocycles. The molecule has 0 saturated carbocycles. The molecule has 156 valence electrons. The molecule has 1 amide bonds. The molecule has 1 aromatic rings. The van der Waals surface area contributed by atoms with Crippen LogP contribution in [0.1, 0.15) is 60.9 Å². The van der Waals surface area contributed by atoms with Crippen LogP contribution in [0.3, 0.4) is 0 Å². The molecule has 28 heavy (non-hydrogen) atoms. The summed E-state index contributed by atoms with van der Waals surface area (Å²) in [7, 11) is -3.54. The van der Waals surface area contributed by atoms with E-state index in [-0.39, 0.29) is 10.8 Å². The lowest BCUT2D eigenvalue weighted by atomic mass is 10.1. The summed E-state index contributed by atoms with van der Waals surface area (Å²) in [5.41, 5.74) is 1.10. The standard InChI is InChI=1S/C21H33N3O3S/c1-18-9-10-19(17-20(18)28(26,27)24-15-6-3-7-16-24)21(25)22-11-8-14-23-12-4-2-5-13-23/h9-10,17H,2-8,11-16H2,1H3,(H,22,25). The SMILES string of the molecule is Cc1ccc(C(=O)NCCCN2CCCCC2)cc1S(=O)(=O)N1CCCCC1. The van der Waals surface area contributed by atoms with Gasteiger partial charge in [0.1, 0.15) is 0 Å². The summed E-state index contributed by atoms with van der Waals surface area (Å²) >= 11 is 0. The molecule has 0 aliphatic carbocycles. The van der Waals surface area contributed by atoms with Crippen molar-refractivity contribution in [2.24, 2.45) is 0 Å². The molecule has 7 heteroatoms. The van der Waals surface area contributed by atoms with E-state index >= 15 is 0 Å². The van der Waals surface area contributed by atoms with E-state index in [4.69, 9.17) is 0 Å². The fourth-order valence-electron chi connectivity index (χ4n) is 4.05. The van der Waals surface area contributed by atoms with Crippen LogP contribution in [0.25, 0.3) is 0 Å². The quantitative estimate of drug-likeness (QED) is 0.706. The van der Waals surface area contributed by atoms with E-state index < -0.39 is 10.0 Å². The van der Waals surface area contributed by atoms with Crippen molar-refractivity contribution in [3.05, 3.63) is 29.3 Å². The Labute approximate surface area is 169 Å². The molecule has 3 rings (SSSR count). The first-order chi connectivity index (χ1) is 13.5. The monoisotopic (exact) mass is 407 g/mol. The zero-order valence-corrected chi connectivity index (χ0v) is 17.8. The van der Waals surface area contributed by atoms with E-state index in [0.29, 0.717) is 30.8 Å². The molecule has 2 aliphatic rings. The zero-order valence-electron chi connectivity index (χ0n) is 17.0. The number of piperidine rings is 2. The molecular weight excluding hydrogens is 374 g/mol. The van der Waals surface area contributed by atoms with Crippen LogP contribution in [0.5, 0.6) is 0 Å². The molecule has 1 aromatic carbocycles. The van der Waals surface area contributed by atoms with Crippen molar-refractivity contribution in [2.75, 3.05) is 39.3 Å². The maximum atomic E-state index is 13.0. The van der Waals surface area contributed by atoms with Gasteiger partial charge >= 0.3 is 0 Å². The van der Waals surface area contributed by atoms with Crippen LogP contribution in [-0.2, 0) is 10.0 Å². The van der Waals surface area contributed by atoms with Crippen LogP contribution in [0.15, 0.2) is 23.1 Å². The highest BCUT2D eigenvalue weighted by molar-refractivity contribution is 7.89. The molecule has 1 N–H and O–H groups in total. The minimum Gasteiger partial charge on any atom is -0.352 e. The van der Waals surface area contributed by atoms with Crippen molar-refractivity contribution < 1.29 is 13.2 Å². The van der Waals surface area contributed by atoms with Gasteiger partial charge in [-0.1, -0.05) is 18.9 Å². The topological polar surface area (TPSA) is 69.7 Å². The van der Waals surface area contributed by atoms with Crippen LogP contribution in [0, 0.1) is 6.92 Å². The maximum Gasteiger partial charge on any atom is 0.251 e. The Kier molecular flexibility index (Phi) is 7.48. The number of hydrogen-bond acceptors (Lipinski definition) is 4. The molecule has 2 saturated heterocycles. The van der Waals surface area contributed by atoms with Gasteiger partial charge in [-0.15, -0.1) is 0 Å².